The lowest BCUT2D eigenvalue weighted by atomic mass is 10.3. The summed E-state index contributed by atoms with van der Waals surface area (Å²) < 4.78 is 20.1. The number of aromatic nitrogens is 3. The van der Waals surface area contributed by atoms with Gasteiger partial charge in [-0.25, -0.2) is 14.1 Å². The smallest absolute Gasteiger partial charge is 0.272 e. The van der Waals surface area contributed by atoms with Crippen LogP contribution >= 0.6 is 0 Å². The van der Waals surface area contributed by atoms with Gasteiger partial charge in [-0.05, 0) is 6.07 Å². The molecule has 0 fully saturated rings. The average molecular weight is 252 g/mol. The maximum atomic E-state index is 13.4. The highest BCUT2D eigenvalue weighted by molar-refractivity contribution is 5.37. The molecule has 0 radical (unpaired) electrons. The molecule has 94 valence electrons. The standard InChI is InChI=1S/C10H9FN4O3/c11-9-5-8(15(16)17)1-2-10(9)18-4-3-14-7-12-6-13-14/h1-2,5-7H,3-4H2. The predicted molar refractivity (Wildman–Crippen MR) is 58.6 cm³/mol. The monoisotopic (exact) mass is 252 g/mol. The third kappa shape index (κ3) is 2.78. The zero-order valence-corrected chi connectivity index (χ0v) is 9.19. The van der Waals surface area contributed by atoms with Gasteiger partial charge in [0.15, 0.2) is 11.6 Å². The fourth-order valence-corrected chi connectivity index (χ4v) is 1.32. The van der Waals surface area contributed by atoms with Crippen LogP contribution in [0.4, 0.5) is 10.1 Å². The van der Waals surface area contributed by atoms with Crippen molar-refractivity contribution >= 4 is 5.69 Å². The Morgan fingerprint density at radius 3 is 2.94 bits per heavy atom. The van der Waals surface area contributed by atoms with Crippen LogP contribution in [0.3, 0.4) is 0 Å². The molecule has 0 saturated carbocycles. The molecule has 1 aromatic carbocycles. The Bertz CT molecular complexity index is 544. The Morgan fingerprint density at radius 2 is 2.33 bits per heavy atom. The Kier molecular flexibility index (Phi) is 3.46. The molecule has 0 aliphatic heterocycles. The number of ether oxygens (including phenoxy) is 1. The molecule has 0 amide bonds. The van der Waals surface area contributed by atoms with E-state index in [1.54, 1.807) is 0 Å². The second kappa shape index (κ2) is 5.21. The molecule has 7 nitrogen and oxygen atoms in total. The van der Waals surface area contributed by atoms with Crippen molar-refractivity contribution in [1.29, 1.82) is 0 Å². The maximum absolute atomic E-state index is 13.4. The van der Waals surface area contributed by atoms with Crippen molar-refractivity contribution in [3.63, 3.8) is 0 Å². The summed E-state index contributed by atoms with van der Waals surface area (Å²) in [7, 11) is 0. The van der Waals surface area contributed by atoms with Gasteiger partial charge in [0.05, 0.1) is 17.5 Å². The van der Waals surface area contributed by atoms with Gasteiger partial charge in [0.25, 0.3) is 5.69 Å². The molecular formula is C10H9FN4O3. The maximum Gasteiger partial charge on any atom is 0.272 e. The van der Waals surface area contributed by atoms with Crippen LogP contribution < -0.4 is 4.74 Å². The van der Waals surface area contributed by atoms with E-state index in [-0.39, 0.29) is 18.0 Å². The number of nitrogens with zero attached hydrogens (tertiary/aromatic N) is 4. The van der Waals surface area contributed by atoms with Crippen molar-refractivity contribution in [2.45, 2.75) is 6.54 Å². The van der Waals surface area contributed by atoms with E-state index in [1.165, 1.54) is 29.5 Å². The number of hydrogen-bond donors (Lipinski definition) is 0. The average Bonchev–Trinajstić information content (AvgIpc) is 2.84. The second-order valence-corrected chi connectivity index (χ2v) is 3.38. The van der Waals surface area contributed by atoms with Crippen molar-refractivity contribution in [3.05, 3.63) is 46.8 Å². The fraction of sp³-hybridized carbons (Fsp3) is 0.200. The largest absolute Gasteiger partial charge is 0.489 e. The van der Waals surface area contributed by atoms with Gasteiger partial charge in [0.1, 0.15) is 19.3 Å². The first-order chi connectivity index (χ1) is 8.66. The molecule has 2 rings (SSSR count). The van der Waals surface area contributed by atoms with E-state index in [0.29, 0.717) is 6.54 Å². The Hall–Kier alpha value is -2.51. The van der Waals surface area contributed by atoms with E-state index in [9.17, 15) is 14.5 Å². The van der Waals surface area contributed by atoms with Crippen LogP contribution in [0, 0.1) is 15.9 Å². The van der Waals surface area contributed by atoms with Crippen molar-refractivity contribution in [1.82, 2.24) is 14.8 Å². The van der Waals surface area contributed by atoms with Crippen LogP contribution in [0.2, 0.25) is 0 Å². The van der Waals surface area contributed by atoms with Crippen LogP contribution in [-0.4, -0.2) is 26.3 Å². The normalized spacial score (nSPS) is 10.3. The van der Waals surface area contributed by atoms with Gasteiger partial charge in [-0.1, -0.05) is 0 Å². The summed E-state index contributed by atoms with van der Waals surface area (Å²) in [5.41, 5.74) is -0.309. The first kappa shape index (κ1) is 12.0. The number of rotatable bonds is 5. The number of halogens is 1. The summed E-state index contributed by atoms with van der Waals surface area (Å²) in [6, 6.07) is 3.24. The molecule has 18 heavy (non-hydrogen) atoms. The minimum absolute atomic E-state index is 0.0271. The van der Waals surface area contributed by atoms with Gasteiger partial charge in [0.2, 0.25) is 0 Å². The summed E-state index contributed by atoms with van der Waals surface area (Å²) >= 11 is 0. The van der Waals surface area contributed by atoms with Crippen LogP contribution in [0.25, 0.3) is 0 Å². The summed E-state index contributed by atoms with van der Waals surface area (Å²) in [4.78, 5) is 13.5. The first-order valence-electron chi connectivity index (χ1n) is 5.06. The van der Waals surface area contributed by atoms with Crippen molar-refractivity contribution < 1.29 is 14.1 Å². The van der Waals surface area contributed by atoms with Crippen molar-refractivity contribution in [2.24, 2.45) is 0 Å². The number of benzene rings is 1. The van der Waals surface area contributed by atoms with E-state index in [2.05, 4.69) is 10.1 Å². The van der Waals surface area contributed by atoms with Gasteiger partial charge in [-0.2, -0.15) is 5.10 Å². The molecule has 0 aliphatic carbocycles. The highest BCUT2D eigenvalue weighted by atomic mass is 19.1. The number of nitro groups is 1. The lowest BCUT2D eigenvalue weighted by Crippen LogP contribution is -2.09. The Labute approximate surface area is 101 Å². The van der Waals surface area contributed by atoms with Crippen LogP contribution in [0.5, 0.6) is 5.75 Å². The topological polar surface area (TPSA) is 83.1 Å². The molecule has 0 atom stereocenters. The quantitative estimate of drug-likeness (QED) is 0.593. The van der Waals surface area contributed by atoms with Crippen LogP contribution in [0.1, 0.15) is 0 Å². The Morgan fingerprint density at radius 1 is 1.50 bits per heavy atom. The molecule has 0 aliphatic rings. The van der Waals surface area contributed by atoms with Gasteiger partial charge in [0, 0.05) is 6.07 Å². The van der Waals surface area contributed by atoms with E-state index in [0.717, 1.165) is 6.07 Å². The SMILES string of the molecule is O=[N+]([O-])c1ccc(OCCn2cncn2)c(F)c1. The molecule has 0 spiro atoms. The third-order valence-electron chi connectivity index (χ3n) is 2.17. The third-order valence-corrected chi connectivity index (χ3v) is 2.17. The summed E-state index contributed by atoms with van der Waals surface area (Å²) in [6.45, 7) is 0.606. The molecule has 0 unspecified atom stereocenters. The lowest BCUT2D eigenvalue weighted by molar-refractivity contribution is -0.385. The molecule has 8 heteroatoms. The first-order valence-corrected chi connectivity index (χ1v) is 5.06. The number of hydrogen-bond acceptors (Lipinski definition) is 5. The predicted octanol–water partition coefficient (Wildman–Crippen LogP) is 1.40. The van der Waals surface area contributed by atoms with Gasteiger partial charge in [-0.3, -0.25) is 10.1 Å². The van der Waals surface area contributed by atoms with E-state index in [1.807, 2.05) is 0 Å². The van der Waals surface area contributed by atoms with E-state index in [4.69, 9.17) is 4.74 Å². The molecule has 1 heterocycles. The van der Waals surface area contributed by atoms with Crippen molar-refractivity contribution in [3.8, 4) is 5.75 Å². The summed E-state index contributed by atoms with van der Waals surface area (Å²) in [5, 5.41) is 14.3. The number of non-ortho nitro benzene ring substituents is 1. The zero-order chi connectivity index (χ0) is 13.0. The molecule has 0 N–H and O–H groups in total. The highest BCUT2D eigenvalue weighted by Gasteiger charge is 2.11. The molecule has 0 bridgehead atoms. The lowest BCUT2D eigenvalue weighted by Gasteiger charge is -2.06. The number of nitro benzene ring substituents is 1. The van der Waals surface area contributed by atoms with Crippen LogP contribution in [0.15, 0.2) is 30.9 Å². The second-order valence-electron chi connectivity index (χ2n) is 3.38. The summed E-state index contributed by atoms with van der Waals surface area (Å²) in [6.07, 6.45) is 2.89. The van der Waals surface area contributed by atoms with E-state index < -0.39 is 10.7 Å². The minimum atomic E-state index is -0.761. The van der Waals surface area contributed by atoms with Gasteiger partial charge < -0.3 is 4.74 Å². The highest BCUT2D eigenvalue weighted by Crippen LogP contribution is 2.22. The molecular weight excluding hydrogens is 243 g/mol. The van der Waals surface area contributed by atoms with Crippen molar-refractivity contribution in [2.75, 3.05) is 6.61 Å². The van der Waals surface area contributed by atoms with E-state index >= 15 is 0 Å². The summed E-state index contributed by atoms with van der Waals surface area (Å²) in [5.74, 6) is -0.788. The van der Waals surface area contributed by atoms with Gasteiger partial charge in [-0.15, -0.1) is 0 Å². The minimum Gasteiger partial charge on any atom is -0.489 e. The molecule has 0 saturated heterocycles. The van der Waals surface area contributed by atoms with Crippen LogP contribution in [-0.2, 0) is 6.54 Å². The van der Waals surface area contributed by atoms with Gasteiger partial charge >= 0.3 is 0 Å². The Balaban J connectivity index is 1.95. The fourth-order valence-electron chi connectivity index (χ4n) is 1.32. The zero-order valence-electron chi connectivity index (χ0n) is 9.19. The molecule has 2 aromatic rings. The molecule has 1 aromatic heterocycles.